The molecule has 1 aliphatic rings. The van der Waals surface area contributed by atoms with Crippen molar-refractivity contribution in [1.29, 1.82) is 0 Å². The highest BCUT2D eigenvalue weighted by molar-refractivity contribution is 7.91. The second-order valence-electron chi connectivity index (χ2n) is 5.30. The van der Waals surface area contributed by atoms with Gasteiger partial charge in [0, 0.05) is 19.3 Å². The van der Waals surface area contributed by atoms with E-state index in [1.165, 1.54) is 6.26 Å². The van der Waals surface area contributed by atoms with Crippen LogP contribution in [0.5, 0.6) is 0 Å². The minimum Gasteiger partial charge on any atom is -0.392 e. The van der Waals surface area contributed by atoms with Gasteiger partial charge in [-0.1, -0.05) is 13.3 Å². The second kappa shape index (κ2) is 6.16. The van der Waals surface area contributed by atoms with Crippen molar-refractivity contribution >= 4 is 9.84 Å². The predicted octanol–water partition coefficient (Wildman–Crippen LogP) is 1.23. The van der Waals surface area contributed by atoms with Gasteiger partial charge in [0.15, 0.2) is 0 Å². The average Bonchev–Trinajstić information content (AvgIpc) is 2.27. The quantitative estimate of drug-likeness (QED) is 0.811. The van der Waals surface area contributed by atoms with E-state index in [4.69, 9.17) is 4.74 Å². The fourth-order valence-electron chi connectivity index (χ4n) is 2.71. The van der Waals surface area contributed by atoms with Gasteiger partial charge in [-0.25, -0.2) is 8.42 Å². The van der Waals surface area contributed by atoms with Gasteiger partial charge in [-0.15, -0.1) is 0 Å². The number of aliphatic hydroxyl groups is 1. The Hall–Kier alpha value is -0.130. The summed E-state index contributed by atoms with van der Waals surface area (Å²) in [5.74, 6) is 0.150. The molecule has 1 rings (SSSR count). The molecule has 4 atom stereocenters. The number of hydrogen-bond acceptors (Lipinski definition) is 4. The Morgan fingerprint density at radius 1 is 1.41 bits per heavy atom. The summed E-state index contributed by atoms with van der Waals surface area (Å²) < 4.78 is 28.1. The largest absolute Gasteiger partial charge is 0.392 e. The SMILES string of the molecule is COCC(C)C(O)C1CCCC(S(C)(=O)=O)C1. The zero-order valence-corrected chi connectivity index (χ0v) is 11.7. The first-order chi connectivity index (χ1) is 7.86. The molecule has 0 aromatic rings. The van der Waals surface area contributed by atoms with Crippen LogP contribution in [0.4, 0.5) is 0 Å². The average molecular weight is 264 g/mol. The van der Waals surface area contributed by atoms with Crippen LogP contribution in [-0.4, -0.2) is 44.9 Å². The van der Waals surface area contributed by atoms with Crippen LogP contribution in [-0.2, 0) is 14.6 Å². The lowest BCUT2D eigenvalue weighted by atomic mass is 9.81. The van der Waals surface area contributed by atoms with Crippen molar-refractivity contribution in [2.24, 2.45) is 11.8 Å². The van der Waals surface area contributed by atoms with Gasteiger partial charge in [0.1, 0.15) is 9.84 Å². The number of ether oxygens (including phenoxy) is 1. The molecule has 0 radical (unpaired) electrons. The summed E-state index contributed by atoms with van der Waals surface area (Å²) in [4.78, 5) is 0. The number of rotatable bonds is 5. The highest BCUT2D eigenvalue weighted by Crippen LogP contribution is 2.32. The molecule has 1 N–H and O–H groups in total. The molecule has 102 valence electrons. The highest BCUT2D eigenvalue weighted by atomic mass is 32.2. The van der Waals surface area contributed by atoms with Crippen molar-refractivity contribution in [3.05, 3.63) is 0 Å². The maximum absolute atomic E-state index is 11.5. The van der Waals surface area contributed by atoms with E-state index in [1.807, 2.05) is 6.92 Å². The number of hydrogen-bond donors (Lipinski definition) is 1. The first-order valence-corrected chi connectivity index (χ1v) is 8.17. The predicted molar refractivity (Wildman–Crippen MR) is 67.6 cm³/mol. The van der Waals surface area contributed by atoms with E-state index in [0.29, 0.717) is 13.0 Å². The van der Waals surface area contributed by atoms with Crippen molar-refractivity contribution in [2.45, 2.75) is 44.0 Å². The van der Waals surface area contributed by atoms with Crippen molar-refractivity contribution in [3.8, 4) is 0 Å². The topological polar surface area (TPSA) is 63.6 Å². The van der Waals surface area contributed by atoms with Gasteiger partial charge in [-0.2, -0.15) is 0 Å². The van der Waals surface area contributed by atoms with Gasteiger partial charge in [-0.3, -0.25) is 0 Å². The first-order valence-electron chi connectivity index (χ1n) is 6.22. The fraction of sp³-hybridized carbons (Fsp3) is 1.00. The molecule has 0 bridgehead atoms. The molecule has 0 aromatic carbocycles. The van der Waals surface area contributed by atoms with E-state index in [2.05, 4.69) is 0 Å². The maximum Gasteiger partial charge on any atom is 0.150 e. The normalized spacial score (nSPS) is 29.9. The number of sulfone groups is 1. The summed E-state index contributed by atoms with van der Waals surface area (Å²) in [6.45, 7) is 2.46. The van der Waals surface area contributed by atoms with Crippen LogP contribution < -0.4 is 0 Å². The van der Waals surface area contributed by atoms with Crippen molar-refractivity contribution in [1.82, 2.24) is 0 Å². The minimum atomic E-state index is -2.97. The summed E-state index contributed by atoms with van der Waals surface area (Å²) in [6, 6.07) is 0. The van der Waals surface area contributed by atoms with E-state index in [-0.39, 0.29) is 17.1 Å². The molecule has 1 aliphatic carbocycles. The van der Waals surface area contributed by atoms with Crippen molar-refractivity contribution in [3.63, 3.8) is 0 Å². The fourth-order valence-corrected chi connectivity index (χ4v) is 3.90. The zero-order valence-electron chi connectivity index (χ0n) is 10.9. The van der Waals surface area contributed by atoms with Crippen molar-refractivity contribution in [2.75, 3.05) is 20.0 Å². The Labute approximate surface area is 104 Å². The zero-order chi connectivity index (χ0) is 13.1. The molecule has 4 nitrogen and oxygen atoms in total. The first kappa shape index (κ1) is 14.9. The lowest BCUT2D eigenvalue weighted by Gasteiger charge is -2.33. The Morgan fingerprint density at radius 2 is 2.06 bits per heavy atom. The van der Waals surface area contributed by atoms with Crippen molar-refractivity contribution < 1.29 is 18.3 Å². The van der Waals surface area contributed by atoms with E-state index < -0.39 is 15.9 Å². The van der Waals surface area contributed by atoms with Gasteiger partial charge >= 0.3 is 0 Å². The molecule has 0 saturated heterocycles. The Morgan fingerprint density at radius 3 is 2.59 bits per heavy atom. The van der Waals surface area contributed by atoms with E-state index in [9.17, 15) is 13.5 Å². The molecule has 1 fully saturated rings. The molecule has 17 heavy (non-hydrogen) atoms. The Bertz CT molecular complexity index is 325. The number of aliphatic hydroxyl groups excluding tert-OH is 1. The monoisotopic (exact) mass is 264 g/mol. The molecule has 0 aliphatic heterocycles. The van der Waals surface area contributed by atoms with E-state index in [1.54, 1.807) is 7.11 Å². The van der Waals surface area contributed by atoms with Crippen LogP contribution in [0.25, 0.3) is 0 Å². The van der Waals surface area contributed by atoms with Crippen LogP contribution in [0.1, 0.15) is 32.6 Å². The highest BCUT2D eigenvalue weighted by Gasteiger charge is 2.34. The van der Waals surface area contributed by atoms with Gasteiger partial charge in [0.2, 0.25) is 0 Å². The summed E-state index contributed by atoms with van der Waals surface area (Å²) in [5.41, 5.74) is 0. The second-order valence-corrected chi connectivity index (χ2v) is 7.63. The Balaban J connectivity index is 2.60. The smallest absolute Gasteiger partial charge is 0.150 e. The number of methoxy groups -OCH3 is 1. The molecule has 4 unspecified atom stereocenters. The summed E-state index contributed by atoms with van der Waals surface area (Å²) in [5, 5.41) is 9.91. The summed E-state index contributed by atoms with van der Waals surface area (Å²) >= 11 is 0. The standard InChI is InChI=1S/C12H24O4S/c1-9(8-16-2)12(13)10-5-4-6-11(7-10)17(3,14)15/h9-13H,4-8H2,1-3H3. The molecule has 0 aromatic heterocycles. The van der Waals surface area contributed by atoms with E-state index in [0.717, 1.165) is 19.3 Å². The molecule has 5 heteroatoms. The van der Waals surface area contributed by atoms with Crippen LogP contribution >= 0.6 is 0 Å². The third-order valence-electron chi connectivity index (χ3n) is 3.77. The van der Waals surface area contributed by atoms with Crippen LogP contribution in [0.3, 0.4) is 0 Å². The molecular formula is C12H24O4S. The van der Waals surface area contributed by atoms with Crippen LogP contribution in [0.2, 0.25) is 0 Å². The third-order valence-corrected chi connectivity index (χ3v) is 5.41. The Kier molecular flexibility index (Phi) is 5.41. The molecule has 1 saturated carbocycles. The third kappa shape index (κ3) is 4.23. The van der Waals surface area contributed by atoms with Gasteiger partial charge in [0.05, 0.1) is 18.0 Å². The molecule has 0 amide bonds. The molecular weight excluding hydrogens is 240 g/mol. The minimum absolute atomic E-state index is 0.0586. The van der Waals surface area contributed by atoms with Crippen LogP contribution in [0.15, 0.2) is 0 Å². The summed E-state index contributed by atoms with van der Waals surface area (Å²) in [7, 11) is -1.36. The molecule has 0 heterocycles. The van der Waals surface area contributed by atoms with E-state index >= 15 is 0 Å². The van der Waals surface area contributed by atoms with Gasteiger partial charge < -0.3 is 9.84 Å². The van der Waals surface area contributed by atoms with Gasteiger partial charge in [-0.05, 0) is 25.2 Å². The lowest BCUT2D eigenvalue weighted by Crippen LogP contribution is -2.37. The maximum atomic E-state index is 11.5. The summed E-state index contributed by atoms with van der Waals surface area (Å²) in [6.07, 6.45) is 3.97. The van der Waals surface area contributed by atoms with Gasteiger partial charge in [0.25, 0.3) is 0 Å². The van der Waals surface area contributed by atoms with Crippen LogP contribution in [0, 0.1) is 11.8 Å². The lowest BCUT2D eigenvalue weighted by molar-refractivity contribution is 0.00724. The molecule has 0 spiro atoms.